The van der Waals surface area contributed by atoms with Gasteiger partial charge in [0, 0.05) is 29.6 Å². The van der Waals surface area contributed by atoms with Gasteiger partial charge in [0.05, 0.1) is 0 Å². The van der Waals surface area contributed by atoms with Gasteiger partial charge in [-0.1, -0.05) is 42.4 Å². The molecule has 0 atom stereocenters. The first-order valence-electron chi connectivity index (χ1n) is 8.13. The number of nitrogens with one attached hydrogen (secondary N) is 1. The van der Waals surface area contributed by atoms with E-state index in [0.29, 0.717) is 11.7 Å². The molecule has 128 valence electrons. The number of allylic oxidation sites excluding steroid dienone is 1. The summed E-state index contributed by atoms with van der Waals surface area (Å²) in [6, 6.07) is 11.7. The maximum absolute atomic E-state index is 11.8. The first kappa shape index (κ1) is 17.6. The van der Waals surface area contributed by atoms with E-state index < -0.39 is 0 Å². The summed E-state index contributed by atoms with van der Waals surface area (Å²) in [7, 11) is 0. The molecule has 6 nitrogen and oxygen atoms in total. The van der Waals surface area contributed by atoms with Gasteiger partial charge in [-0.05, 0) is 25.7 Å². The Hall–Kier alpha value is -2.76. The highest BCUT2D eigenvalue weighted by atomic mass is 16.5. The van der Waals surface area contributed by atoms with Gasteiger partial charge in [-0.3, -0.25) is 4.79 Å². The van der Waals surface area contributed by atoms with Crippen LogP contribution in [0.25, 0.3) is 11.3 Å². The molecule has 0 aliphatic heterocycles. The molecule has 24 heavy (non-hydrogen) atoms. The van der Waals surface area contributed by atoms with Gasteiger partial charge in [0.2, 0.25) is 5.76 Å². The van der Waals surface area contributed by atoms with Crippen molar-refractivity contribution in [2.24, 2.45) is 11.5 Å². The Morgan fingerprint density at radius 2 is 2.08 bits per heavy atom. The highest BCUT2D eigenvalue weighted by Gasteiger charge is 2.22. The quantitative estimate of drug-likeness (QED) is 0.800. The lowest BCUT2D eigenvalue weighted by Gasteiger charge is -2.25. The maximum Gasteiger partial charge on any atom is 0.290 e. The zero-order valence-corrected chi connectivity index (χ0v) is 13.9. The molecule has 6 heteroatoms. The molecule has 3 rings (SSSR count). The van der Waals surface area contributed by atoms with Gasteiger partial charge in [0.15, 0.2) is 0 Å². The molecule has 0 saturated heterocycles. The smallest absolute Gasteiger partial charge is 0.290 e. The fourth-order valence-electron chi connectivity index (χ4n) is 2.05. The zero-order chi connectivity index (χ0) is 17.4. The van der Waals surface area contributed by atoms with Gasteiger partial charge in [-0.2, -0.15) is 0 Å². The molecule has 0 bridgehead atoms. The van der Waals surface area contributed by atoms with Crippen molar-refractivity contribution >= 4 is 5.91 Å². The Bertz CT molecular complexity index is 675. The van der Waals surface area contributed by atoms with Crippen molar-refractivity contribution in [3.8, 4) is 11.3 Å². The van der Waals surface area contributed by atoms with E-state index in [1.165, 1.54) is 12.6 Å². The van der Waals surface area contributed by atoms with E-state index in [1.54, 1.807) is 6.07 Å². The summed E-state index contributed by atoms with van der Waals surface area (Å²) in [6.45, 7) is 1.96. The summed E-state index contributed by atoms with van der Waals surface area (Å²) in [5.41, 5.74) is 12.6. The number of carbonyl (C=O) groups is 1. The summed E-state index contributed by atoms with van der Waals surface area (Å²) in [5, 5.41) is 6.85. The average molecular weight is 328 g/mol. The molecule has 1 fully saturated rings. The van der Waals surface area contributed by atoms with E-state index in [1.807, 2.05) is 37.3 Å². The van der Waals surface area contributed by atoms with Crippen LogP contribution in [-0.4, -0.2) is 17.1 Å². The van der Waals surface area contributed by atoms with Crippen molar-refractivity contribution < 1.29 is 9.32 Å². The average Bonchev–Trinajstić information content (AvgIpc) is 3.09. The number of benzene rings is 1. The lowest BCUT2D eigenvalue weighted by Crippen LogP contribution is -2.39. The van der Waals surface area contributed by atoms with Gasteiger partial charge in [-0.25, -0.2) is 0 Å². The second-order valence-electron chi connectivity index (χ2n) is 5.64. The normalized spacial score (nSPS) is 14.3. The monoisotopic (exact) mass is 328 g/mol. The lowest BCUT2D eigenvalue weighted by molar-refractivity contribution is 0.0879. The molecule has 1 aliphatic rings. The first-order valence-corrected chi connectivity index (χ1v) is 8.13. The number of hydrogen-bond donors (Lipinski definition) is 3. The van der Waals surface area contributed by atoms with Crippen LogP contribution in [0.2, 0.25) is 0 Å². The van der Waals surface area contributed by atoms with Crippen LogP contribution in [0, 0.1) is 0 Å². The molecule has 1 aromatic heterocycles. The van der Waals surface area contributed by atoms with Gasteiger partial charge in [-0.15, -0.1) is 0 Å². The highest BCUT2D eigenvalue weighted by molar-refractivity contribution is 5.92. The summed E-state index contributed by atoms with van der Waals surface area (Å²) in [6.07, 6.45) is 5.57. The largest absolute Gasteiger partial charge is 0.403 e. The number of carbonyl (C=O) groups excluding carboxylic acids is 1. The third kappa shape index (κ3) is 4.87. The first-order chi connectivity index (χ1) is 11.6. The van der Waals surface area contributed by atoms with Crippen LogP contribution in [0.4, 0.5) is 0 Å². The highest BCUT2D eigenvalue weighted by Crippen LogP contribution is 2.21. The summed E-state index contributed by atoms with van der Waals surface area (Å²) in [4.78, 5) is 11.8. The molecule has 0 unspecified atom stereocenters. The number of hydrogen-bond acceptors (Lipinski definition) is 5. The van der Waals surface area contributed by atoms with E-state index >= 15 is 0 Å². The minimum absolute atomic E-state index is 0.172. The van der Waals surface area contributed by atoms with Gasteiger partial charge in [0.1, 0.15) is 5.69 Å². The fraction of sp³-hybridized carbons (Fsp3) is 0.333. The number of rotatable bonds is 4. The minimum Gasteiger partial charge on any atom is -0.403 e. The predicted octanol–water partition coefficient (Wildman–Crippen LogP) is 2.78. The standard InChI is InChI=1S/C14H14N2O2.C4H10N2/c17-14(15-11-7-4-8-11)13-9-12(16-18-13)10-5-2-1-3-6-10;1-2-4(6)3-5/h1-3,5-6,9,11H,4,7-8H2,(H,15,17);3H,2,5-6H2,1H3/b;4-3-. The van der Waals surface area contributed by atoms with E-state index in [2.05, 4.69) is 10.5 Å². The Labute approximate surface area is 141 Å². The second-order valence-corrected chi connectivity index (χ2v) is 5.64. The van der Waals surface area contributed by atoms with Gasteiger partial charge < -0.3 is 21.3 Å². The molecule has 1 aromatic carbocycles. The molecule has 1 saturated carbocycles. The van der Waals surface area contributed by atoms with Crippen molar-refractivity contribution in [1.29, 1.82) is 0 Å². The topological polar surface area (TPSA) is 107 Å². The number of nitrogens with zero attached hydrogens (tertiary/aromatic N) is 1. The molecular formula is C18H24N4O2. The molecule has 1 heterocycles. The zero-order valence-electron chi connectivity index (χ0n) is 13.9. The van der Waals surface area contributed by atoms with Crippen LogP contribution in [-0.2, 0) is 0 Å². The van der Waals surface area contributed by atoms with Crippen LogP contribution in [0.1, 0.15) is 43.2 Å². The predicted molar refractivity (Wildman–Crippen MR) is 93.8 cm³/mol. The number of amides is 1. The third-order valence-corrected chi connectivity index (χ3v) is 3.87. The third-order valence-electron chi connectivity index (χ3n) is 3.87. The Morgan fingerprint density at radius 1 is 1.38 bits per heavy atom. The summed E-state index contributed by atoms with van der Waals surface area (Å²) >= 11 is 0. The Kier molecular flexibility index (Phi) is 6.42. The van der Waals surface area contributed by atoms with Crippen molar-refractivity contribution in [1.82, 2.24) is 10.5 Å². The van der Waals surface area contributed by atoms with Crippen LogP contribution < -0.4 is 16.8 Å². The van der Waals surface area contributed by atoms with Crippen molar-refractivity contribution in [2.75, 3.05) is 0 Å². The number of aromatic nitrogens is 1. The van der Waals surface area contributed by atoms with E-state index in [0.717, 1.165) is 30.5 Å². The van der Waals surface area contributed by atoms with Crippen LogP contribution in [0.5, 0.6) is 0 Å². The molecule has 0 spiro atoms. The molecular weight excluding hydrogens is 304 g/mol. The van der Waals surface area contributed by atoms with Crippen LogP contribution >= 0.6 is 0 Å². The van der Waals surface area contributed by atoms with Crippen LogP contribution in [0.3, 0.4) is 0 Å². The Morgan fingerprint density at radius 3 is 2.58 bits per heavy atom. The Balaban J connectivity index is 0.000000301. The molecule has 5 N–H and O–H groups in total. The van der Waals surface area contributed by atoms with E-state index in [4.69, 9.17) is 16.0 Å². The molecule has 1 amide bonds. The van der Waals surface area contributed by atoms with Gasteiger partial charge in [0.25, 0.3) is 5.91 Å². The summed E-state index contributed by atoms with van der Waals surface area (Å²) in [5.74, 6) is 0.107. The van der Waals surface area contributed by atoms with Crippen LogP contribution in [0.15, 0.2) is 52.8 Å². The second kappa shape index (κ2) is 8.76. The fourth-order valence-corrected chi connectivity index (χ4v) is 2.05. The number of nitrogens with two attached hydrogens (primary N) is 2. The van der Waals surface area contributed by atoms with Crippen molar-refractivity contribution in [3.05, 3.63) is 54.1 Å². The maximum atomic E-state index is 11.8. The molecule has 0 radical (unpaired) electrons. The lowest BCUT2D eigenvalue weighted by atomic mass is 9.93. The summed E-state index contributed by atoms with van der Waals surface area (Å²) < 4.78 is 5.09. The van der Waals surface area contributed by atoms with Crippen molar-refractivity contribution in [3.63, 3.8) is 0 Å². The van der Waals surface area contributed by atoms with Crippen molar-refractivity contribution in [2.45, 2.75) is 38.6 Å². The van der Waals surface area contributed by atoms with Gasteiger partial charge >= 0.3 is 0 Å². The SMILES string of the molecule is CC/C(N)=C/N.O=C(NC1CCC1)c1cc(-c2ccccc2)no1. The molecule has 1 aliphatic carbocycles. The van der Waals surface area contributed by atoms with E-state index in [9.17, 15) is 4.79 Å². The van der Waals surface area contributed by atoms with E-state index in [-0.39, 0.29) is 11.7 Å². The minimum atomic E-state index is -0.172. The molecule has 2 aromatic rings.